The number of hydrogen-bond donors (Lipinski definition) is 1. The van der Waals surface area contributed by atoms with Gasteiger partial charge in [0.1, 0.15) is 0 Å². The Labute approximate surface area is 202 Å². The SMILES string of the molecule is CN=C(NCCS(=O)(=O)N1CCSCC1)N1CCN(c2cccc(C)c2C)CC1.I. The Hall–Kier alpha value is -0.720. The molecule has 1 N–H and O–H groups in total. The molecule has 7 nitrogen and oxygen atoms in total. The number of aryl methyl sites for hydroxylation is 1. The van der Waals surface area contributed by atoms with E-state index in [1.165, 1.54) is 16.8 Å². The number of guanidine groups is 1. The standard InChI is InChI=1S/C20H33N5O2S2.HI/c1-17-5-4-6-19(18(17)2)23-8-10-24(11-9-23)20(21-3)22-7-16-29(26,27)25-12-14-28-15-13-25;/h4-6H,7-16H2,1-3H3,(H,21,22);1H. The van der Waals surface area contributed by atoms with Crippen LogP contribution in [0, 0.1) is 13.8 Å². The van der Waals surface area contributed by atoms with Crippen molar-refractivity contribution in [3.63, 3.8) is 0 Å². The second kappa shape index (κ2) is 11.8. The van der Waals surface area contributed by atoms with Crippen molar-refractivity contribution in [2.24, 2.45) is 4.99 Å². The van der Waals surface area contributed by atoms with E-state index in [1.54, 1.807) is 11.4 Å². The van der Waals surface area contributed by atoms with Crippen LogP contribution in [0.5, 0.6) is 0 Å². The van der Waals surface area contributed by atoms with Crippen LogP contribution in [0.3, 0.4) is 0 Å². The Morgan fingerprint density at radius 1 is 1.10 bits per heavy atom. The minimum atomic E-state index is -3.20. The summed E-state index contributed by atoms with van der Waals surface area (Å²) in [6.45, 7) is 9.55. The van der Waals surface area contributed by atoms with Gasteiger partial charge in [0.15, 0.2) is 5.96 Å². The van der Waals surface area contributed by atoms with Crippen LogP contribution in [0.4, 0.5) is 5.69 Å². The third-order valence-electron chi connectivity index (χ3n) is 5.71. The molecule has 1 aromatic carbocycles. The molecule has 0 bridgehead atoms. The predicted octanol–water partition coefficient (Wildman–Crippen LogP) is 2.00. The van der Waals surface area contributed by atoms with Gasteiger partial charge in [0.25, 0.3) is 0 Å². The van der Waals surface area contributed by atoms with Crippen molar-refractivity contribution < 1.29 is 8.42 Å². The van der Waals surface area contributed by atoms with E-state index in [0.717, 1.165) is 43.6 Å². The third kappa shape index (κ3) is 6.39. The summed E-state index contributed by atoms with van der Waals surface area (Å²) in [6, 6.07) is 6.46. The fraction of sp³-hybridized carbons (Fsp3) is 0.650. The van der Waals surface area contributed by atoms with Gasteiger partial charge in [-0.3, -0.25) is 4.99 Å². The van der Waals surface area contributed by atoms with Crippen molar-refractivity contribution in [2.45, 2.75) is 13.8 Å². The van der Waals surface area contributed by atoms with Crippen molar-refractivity contribution >= 4 is 57.4 Å². The maximum atomic E-state index is 12.5. The number of benzene rings is 1. The smallest absolute Gasteiger partial charge is 0.215 e. The maximum absolute atomic E-state index is 12.5. The van der Waals surface area contributed by atoms with E-state index in [-0.39, 0.29) is 29.7 Å². The molecule has 0 radical (unpaired) electrons. The van der Waals surface area contributed by atoms with Gasteiger partial charge < -0.3 is 15.1 Å². The molecule has 2 heterocycles. The summed E-state index contributed by atoms with van der Waals surface area (Å²) in [5.41, 5.74) is 3.96. The van der Waals surface area contributed by atoms with Crippen LogP contribution in [-0.2, 0) is 10.0 Å². The minimum Gasteiger partial charge on any atom is -0.368 e. The molecule has 0 aromatic heterocycles. The van der Waals surface area contributed by atoms with Gasteiger partial charge in [-0.25, -0.2) is 12.7 Å². The molecular weight excluding hydrogens is 533 g/mol. The molecule has 2 aliphatic heterocycles. The highest BCUT2D eigenvalue weighted by Crippen LogP contribution is 2.23. The van der Waals surface area contributed by atoms with E-state index >= 15 is 0 Å². The lowest BCUT2D eigenvalue weighted by Gasteiger charge is -2.38. The number of rotatable bonds is 5. The van der Waals surface area contributed by atoms with Crippen LogP contribution in [0.25, 0.3) is 0 Å². The van der Waals surface area contributed by atoms with Crippen LogP contribution in [0.15, 0.2) is 23.2 Å². The number of sulfonamides is 1. The van der Waals surface area contributed by atoms with Gasteiger partial charge in [0, 0.05) is 70.1 Å². The Kier molecular flexibility index (Phi) is 10.0. The highest BCUT2D eigenvalue weighted by atomic mass is 127. The number of thioether (sulfide) groups is 1. The zero-order valence-corrected chi connectivity index (χ0v) is 22.1. The number of nitrogens with one attached hydrogen (secondary N) is 1. The molecular formula is C20H34IN5O2S2. The van der Waals surface area contributed by atoms with E-state index in [2.05, 4.69) is 52.2 Å². The monoisotopic (exact) mass is 567 g/mol. The quantitative estimate of drug-likeness (QED) is 0.334. The molecule has 0 atom stereocenters. The number of aliphatic imine (C=N–C) groups is 1. The maximum Gasteiger partial charge on any atom is 0.215 e. The summed E-state index contributed by atoms with van der Waals surface area (Å²) >= 11 is 1.81. The molecule has 30 heavy (non-hydrogen) atoms. The average Bonchev–Trinajstić information content (AvgIpc) is 2.74. The zero-order chi connectivity index (χ0) is 20.9. The summed E-state index contributed by atoms with van der Waals surface area (Å²) in [7, 11) is -1.44. The first-order valence-corrected chi connectivity index (χ1v) is 13.0. The van der Waals surface area contributed by atoms with Gasteiger partial charge >= 0.3 is 0 Å². The van der Waals surface area contributed by atoms with E-state index < -0.39 is 10.0 Å². The second-order valence-electron chi connectivity index (χ2n) is 7.49. The molecule has 1 aromatic rings. The summed E-state index contributed by atoms with van der Waals surface area (Å²) in [4.78, 5) is 9.01. The van der Waals surface area contributed by atoms with Crippen molar-refractivity contribution in [1.29, 1.82) is 0 Å². The summed E-state index contributed by atoms with van der Waals surface area (Å²) < 4.78 is 26.6. The van der Waals surface area contributed by atoms with Gasteiger partial charge in [0.05, 0.1) is 5.75 Å². The number of anilines is 1. The molecule has 0 saturated carbocycles. The normalized spacial score (nSPS) is 18.8. The second-order valence-corrected chi connectivity index (χ2v) is 10.8. The Morgan fingerprint density at radius 2 is 1.77 bits per heavy atom. The number of nitrogens with zero attached hydrogens (tertiary/aromatic N) is 4. The number of halogens is 1. The molecule has 0 amide bonds. The highest BCUT2D eigenvalue weighted by molar-refractivity contribution is 14.0. The Bertz CT molecular complexity index is 820. The van der Waals surface area contributed by atoms with Crippen molar-refractivity contribution in [2.75, 3.05) is 75.0 Å². The average molecular weight is 568 g/mol. The Balaban J connectivity index is 0.00000320. The highest BCUT2D eigenvalue weighted by Gasteiger charge is 2.25. The summed E-state index contributed by atoms with van der Waals surface area (Å²) in [5, 5.41) is 3.26. The van der Waals surface area contributed by atoms with Gasteiger partial charge in [-0.15, -0.1) is 24.0 Å². The van der Waals surface area contributed by atoms with E-state index in [9.17, 15) is 8.42 Å². The van der Waals surface area contributed by atoms with Gasteiger partial charge in [-0.1, -0.05) is 12.1 Å². The summed E-state index contributed by atoms with van der Waals surface area (Å²) in [5.74, 6) is 2.67. The van der Waals surface area contributed by atoms with Crippen LogP contribution in [0.1, 0.15) is 11.1 Å². The molecule has 0 aliphatic carbocycles. The van der Waals surface area contributed by atoms with E-state index in [0.29, 0.717) is 19.6 Å². The number of piperazine rings is 1. The lowest BCUT2D eigenvalue weighted by Crippen LogP contribution is -2.53. The fourth-order valence-corrected chi connectivity index (χ4v) is 6.31. The zero-order valence-electron chi connectivity index (χ0n) is 18.1. The van der Waals surface area contributed by atoms with Gasteiger partial charge in [-0.05, 0) is 31.0 Å². The third-order valence-corrected chi connectivity index (χ3v) is 8.53. The van der Waals surface area contributed by atoms with Gasteiger partial charge in [0.2, 0.25) is 10.0 Å². The molecule has 2 fully saturated rings. The fourth-order valence-electron chi connectivity index (χ4n) is 3.82. The lowest BCUT2D eigenvalue weighted by molar-refractivity contribution is 0.373. The summed E-state index contributed by atoms with van der Waals surface area (Å²) in [6.07, 6.45) is 0. The molecule has 3 rings (SSSR count). The first kappa shape index (κ1) is 25.5. The first-order valence-electron chi connectivity index (χ1n) is 10.2. The van der Waals surface area contributed by atoms with E-state index in [1.807, 2.05) is 11.8 Å². The molecule has 10 heteroatoms. The topological polar surface area (TPSA) is 68.2 Å². The van der Waals surface area contributed by atoms with Crippen molar-refractivity contribution in [3.05, 3.63) is 29.3 Å². The Morgan fingerprint density at radius 3 is 2.40 bits per heavy atom. The van der Waals surface area contributed by atoms with Crippen molar-refractivity contribution in [1.82, 2.24) is 14.5 Å². The van der Waals surface area contributed by atoms with Crippen molar-refractivity contribution in [3.8, 4) is 0 Å². The molecule has 0 unspecified atom stereocenters. The first-order chi connectivity index (χ1) is 13.9. The van der Waals surface area contributed by atoms with Crippen LogP contribution in [-0.4, -0.2) is 93.7 Å². The molecule has 2 saturated heterocycles. The van der Waals surface area contributed by atoms with Crippen LogP contribution < -0.4 is 10.2 Å². The minimum absolute atomic E-state index is 0. The number of hydrogen-bond acceptors (Lipinski definition) is 5. The predicted molar refractivity (Wildman–Crippen MR) is 139 cm³/mol. The molecule has 0 spiro atoms. The van der Waals surface area contributed by atoms with E-state index in [4.69, 9.17) is 0 Å². The van der Waals surface area contributed by atoms with Crippen LogP contribution in [0.2, 0.25) is 0 Å². The lowest BCUT2D eigenvalue weighted by atomic mass is 10.1. The van der Waals surface area contributed by atoms with Crippen LogP contribution >= 0.6 is 35.7 Å². The largest absolute Gasteiger partial charge is 0.368 e. The molecule has 2 aliphatic rings. The molecule has 170 valence electrons. The van der Waals surface area contributed by atoms with Gasteiger partial charge in [-0.2, -0.15) is 11.8 Å².